The highest BCUT2D eigenvalue weighted by Gasteiger charge is 2.02. The SMILES string of the molecule is Cc1cnc(CNC(=O)CCCCO)s1. The molecule has 0 saturated heterocycles. The van der Waals surface area contributed by atoms with Crippen LogP contribution in [0.5, 0.6) is 0 Å². The van der Waals surface area contributed by atoms with Crippen LogP contribution < -0.4 is 5.32 Å². The van der Waals surface area contributed by atoms with Crippen molar-refractivity contribution in [3.05, 3.63) is 16.1 Å². The summed E-state index contributed by atoms with van der Waals surface area (Å²) in [5.41, 5.74) is 0. The first kappa shape index (κ1) is 12.1. The lowest BCUT2D eigenvalue weighted by molar-refractivity contribution is -0.121. The number of amides is 1. The van der Waals surface area contributed by atoms with Gasteiger partial charge >= 0.3 is 0 Å². The summed E-state index contributed by atoms with van der Waals surface area (Å²) in [6.07, 6.45) is 3.70. The van der Waals surface area contributed by atoms with Gasteiger partial charge in [-0.05, 0) is 19.8 Å². The monoisotopic (exact) mass is 228 g/mol. The molecule has 0 fully saturated rings. The topological polar surface area (TPSA) is 62.2 Å². The molecule has 0 aromatic carbocycles. The third-order valence-electron chi connectivity index (χ3n) is 1.92. The number of aromatic nitrogens is 1. The van der Waals surface area contributed by atoms with E-state index in [2.05, 4.69) is 10.3 Å². The van der Waals surface area contributed by atoms with Crippen molar-refractivity contribution < 1.29 is 9.90 Å². The highest BCUT2D eigenvalue weighted by molar-refractivity contribution is 7.11. The summed E-state index contributed by atoms with van der Waals surface area (Å²) in [5, 5.41) is 12.3. The third-order valence-corrected chi connectivity index (χ3v) is 2.83. The fourth-order valence-electron chi connectivity index (χ4n) is 1.14. The first-order valence-electron chi connectivity index (χ1n) is 5.01. The zero-order valence-corrected chi connectivity index (χ0v) is 9.64. The highest BCUT2D eigenvalue weighted by atomic mass is 32.1. The van der Waals surface area contributed by atoms with E-state index in [4.69, 9.17) is 5.11 Å². The van der Waals surface area contributed by atoms with Crippen LogP contribution in [0.15, 0.2) is 6.20 Å². The predicted molar refractivity (Wildman–Crippen MR) is 59.6 cm³/mol. The smallest absolute Gasteiger partial charge is 0.220 e. The van der Waals surface area contributed by atoms with Crippen molar-refractivity contribution in [2.24, 2.45) is 0 Å². The fraction of sp³-hybridized carbons (Fsp3) is 0.600. The first-order chi connectivity index (χ1) is 7.22. The molecule has 0 spiro atoms. The number of carbonyl (C=O) groups is 1. The standard InChI is InChI=1S/C10H16N2O2S/c1-8-6-12-10(15-8)7-11-9(14)4-2-3-5-13/h6,13H,2-5,7H2,1H3,(H,11,14). The van der Waals surface area contributed by atoms with Crippen molar-refractivity contribution in [3.8, 4) is 0 Å². The van der Waals surface area contributed by atoms with E-state index in [1.54, 1.807) is 17.5 Å². The van der Waals surface area contributed by atoms with Gasteiger partial charge in [0.1, 0.15) is 5.01 Å². The quantitative estimate of drug-likeness (QED) is 0.720. The molecule has 0 aliphatic carbocycles. The molecule has 0 saturated carbocycles. The summed E-state index contributed by atoms with van der Waals surface area (Å²) in [6.45, 7) is 2.65. The summed E-state index contributed by atoms with van der Waals surface area (Å²) in [4.78, 5) is 16.6. The van der Waals surface area contributed by atoms with Crippen molar-refractivity contribution in [1.82, 2.24) is 10.3 Å². The normalized spacial score (nSPS) is 10.3. The molecule has 0 atom stereocenters. The van der Waals surface area contributed by atoms with Crippen molar-refractivity contribution in [1.29, 1.82) is 0 Å². The van der Waals surface area contributed by atoms with Crippen LogP contribution in [-0.2, 0) is 11.3 Å². The van der Waals surface area contributed by atoms with Gasteiger partial charge in [0.15, 0.2) is 0 Å². The molecule has 15 heavy (non-hydrogen) atoms. The molecule has 5 heteroatoms. The molecule has 0 aliphatic heterocycles. The Morgan fingerprint density at radius 2 is 2.40 bits per heavy atom. The third kappa shape index (κ3) is 4.90. The molecule has 84 valence electrons. The van der Waals surface area contributed by atoms with Crippen LogP contribution in [-0.4, -0.2) is 22.6 Å². The second kappa shape index (κ2) is 6.53. The predicted octanol–water partition coefficient (Wildman–Crippen LogP) is 1.23. The number of hydrogen-bond acceptors (Lipinski definition) is 4. The van der Waals surface area contributed by atoms with Crippen molar-refractivity contribution in [2.45, 2.75) is 32.7 Å². The van der Waals surface area contributed by atoms with Crippen molar-refractivity contribution >= 4 is 17.2 Å². The van der Waals surface area contributed by atoms with E-state index in [0.717, 1.165) is 16.3 Å². The zero-order chi connectivity index (χ0) is 11.1. The van der Waals surface area contributed by atoms with E-state index in [0.29, 0.717) is 19.4 Å². The number of nitrogens with one attached hydrogen (secondary N) is 1. The maximum absolute atomic E-state index is 11.3. The van der Waals surface area contributed by atoms with Crippen LogP contribution in [0, 0.1) is 6.92 Å². The van der Waals surface area contributed by atoms with E-state index in [9.17, 15) is 4.79 Å². The molecular formula is C10H16N2O2S. The van der Waals surface area contributed by atoms with Gasteiger partial charge in [-0.2, -0.15) is 0 Å². The molecule has 0 bridgehead atoms. The number of nitrogens with zero attached hydrogens (tertiary/aromatic N) is 1. The Hall–Kier alpha value is -0.940. The number of aliphatic hydroxyl groups is 1. The van der Waals surface area contributed by atoms with Gasteiger partial charge in [-0.1, -0.05) is 0 Å². The molecule has 1 amide bonds. The number of carbonyl (C=O) groups excluding carboxylic acids is 1. The van der Waals surface area contributed by atoms with Gasteiger partial charge in [0.05, 0.1) is 6.54 Å². The number of hydrogen-bond donors (Lipinski definition) is 2. The second-order valence-corrected chi connectivity index (χ2v) is 4.64. The van der Waals surface area contributed by atoms with Crippen LogP contribution >= 0.6 is 11.3 Å². The summed E-state index contributed by atoms with van der Waals surface area (Å²) < 4.78 is 0. The van der Waals surface area contributed by atoms with Crippen LogP contribution in [0.25, 0.3) is 0 Å². The maximum Gasteiger partial charge on any atom is 0.220 e. The zero-order valence-electron chi connectivity index (χ0n) is 8.82. The number of unbranched alkanes of at least 4 members (excludes halogenated alkanes) is 1. The van der Waals surface area contributed by atoms with E-state index >= 15 is 0 Å². The average molecular weight is 228 g/mol. The van der Waals surface area contributed by atoms with Gasteiger partial charge < -0.3 is 10.4 Å². The van der Waals surface area contributed by atoms with Gasteiger partial charge in [-0.3, -0.25) is 4.79 Å². The maximum atomic E-state index is 11.3. The summed E-state index contributed by atoms with van der Waals surface area (Å²) in [5.74, 6) is 0.0244. The minimum Gasteiger partial charge on any atom is -0.396 e. The molecule has 1 rings (SSSR count). The van der Waals surface area contributed by atoms with E-state index in [-0.39, 0.29) is 12.5 Å². The van der Waals surface area contributed by atoms with E-state index in [1.807, 2.05) is 6.92 Å². The molecule has 0 unspecified atom stereocenters. The lowest BCUT2D eigenvalue weighted by Crippen LogP contribution is -2.22. The van der Waals surface area contributed by atoms with Crippen LogP contribution in [0.2, 0.25) is 0 Å². The fourth-order valence-corrected chi connectivity index (χ4v) is 1.87. The Morgan fingerprint density at radius 1 is 1.60 bits per heavy atom. The van der Waals surface area contributed by atoms with Gasteiger partial charge in [0.2, 0.25) is 5.91 Å². The summed E-state index contributed by atoms with van der Waals surface area (Å²) in [6, 6.07) is 0. The first-order valence-corrected chi connectivity index (χ1v) is 5.83. The molecule has 0 radical (unpaired) electrons. The molecule has 1 aromatic heterocycles. The van der Waals surface area contributed by atoms with Gasteiger partial charge in [-0.15, -0.1) is 11.3 Å². The minimum absolute atomic E-state index is 0.0244. The van der Waals surface area contributed by atoms with Crippen LogP contribution in [0.4, 0.5) is 0 Å². The van der Waals surface area contributed by atoms with Gasteiger partial charge in [0, 0.05) is 24.1 Å². The Balaban J connectivity index is 2.16. The molecule has 2 N–H and O–H groups in total. The average Bonchev–Trinajstić information content (AvgIpc) is 2.62. The number of thiazole rings is 1. The lowest BCUT2D eigenvalue weighted by Gasteiger charge is -2.01. The van der Waals surface area contributed by atoms with E-state index in [1.165, 1.54) is 0 Å². The highest BCUT2D eigenvalue weighted by Crippen LogP contribution is 2.10. The Morgan fingerprint density at radius 3 is 3.00 bits per heavy atom. The largest absolute Gasteiger partial charge is 0.396 e. The molecule has 0 aliphatic rings. The van der Waals surface area contributed by atoms with Crippen LogP contribution in [0.1, 0.15) is 29.1 Å². The summed E-state index contributed by atoms with van der Waals surface area (Å²) >= 11 is 1.59. The van der Waals surface area contributed by atoms with Crippen LogP contribution in [0.3, 0.4) is 0 Å². The second-order valence-electron chi connectivity index (χ2n) is 3.32. The molecule has 1 aromatic rings. The van der Waals surface area contributed by atoms with Crippen molar-refractivity contribution in [2.75, 3.05) is 6.61 Å². The Kier molecular flexibility index (Phi) is 5.28. The van der Waals surface area contributed by atoms with Crippen molar-refractivity contribution in [3.63, 3.8) is 0 Å². The number of rotatable bonds is 6. The molecule has 4 nitrogen and oxygen atoms in total. The minimum atomic E-state index is 0.0244. The lowest BCUT2D eigenvalue weighted by atomic mass is 10.2. The summed E-state index contributed by atoms with van der Waals surface area (Å²) in [7, 11) is 0. The van der Waals surface area contributed by atoms with E-state index < -0.39 is 0 Å². The Labute approximate surface area is 93.4 Å². The number of aliphatic hydroxyl groups excluding tert-OH is 1. The molecule has 1 heterocycles. The Bertz CT molecular complexity index is 312. The molecular weight excluding hydrogens is 212 g/mol. The van der Waals surface area contributed by atoms with Gasteiger partial charge in [0.25, 0.3) is 0 Å². The van der Waals surface area contributed by atoms with Gasteiger partial charge in [-0.25, -0.2) is 4.98 Å². The number of aryl methyl sites for hydroxylation is 1.